The van der Waals surface area contributed by atoms with Crippen molar-refractivity contribution in [1.29, 1.82) is 0 Å². The van der Waals surface area contributed by atoms with Crippen LogP contribution in [0.3, 0.4) is 0 Å². The Morgan fingerprint density at radius 3 is 2.55 bits per heavy atom. The first-order valence-electron chi connectivity index (χ1n) is 10.8. The van der Waals surface area contributed by atoms with E-state index < -0.39 is 30.3 Å². The van der Waals surface area contributed by atoms with Crippen molar-refractivity contribution in [1.82, 2.24) is 15.4 Å². The summed E-state index contributed by atoms with van der Waals surface area (Å²) < 4.78 is 15.9. The van der Waals surface area contributed by atoms with Gasteiger partial charge in [-0.3, -0.25) is 9.59 Å². The van der Waals surface area contributed by atoms with Gasteiger partial charge in [0.25, 0.3) is 5.91 Å². The molecule has 0 spiro atoms. The Kier molecular flexibility index (Phi) is 7.11. The summed E-state index contributed by atoms with van der Waals surface area (Å²) in [5, 5.41) is 26.7. The standard InChI is InChI=1S/C22H28N4O7/c1-31-15-5-3-2-4-14(15)25-8-10-26(11-9-25)19(27)12-17-20(28)21(29)18(32-17)13-23-22(30)16-6-7-24-33-16/h2-7,17-18,20-21,28-29H,8-13H2,1H3,(H,23,30). The number of nitrogens with one attached hydrogen (secondary N) is 1. The van der Waals surface area contributed by atoms with E-state index in [0.717, 1.165) is 11.4 Å². The second-order valence-electron chi connectivity index (χ2n) is 8.02. The molecule has 0 bridgehead atoms. The minimum Gasteiger partial charge on any atom is -0.495 e. The highest BCUT2D eigenvalue weighted by molar-refractivity contribution is 5.91. The zero-order valence-electron chi connectivity index (χ0n) is 18.3. The Hall–Kier alpha value is -3.15. The second kappa shape index (κ2) is 10.2. The van der Waals surface area contributed by atoms with Crippen molar-refractivity contribution >= 4 is 17.5 Å². The van der Waals surface area contributed by atoms with Crippen LogP contribution in [0.5, 0.6) is 5.75 Å². The summed E-state index contributed by atoms with van der Waals surface area (Å²) in [6, 6.07) is 9.16. The Morgan fingerprint density at radius 2 is 1.85 bits per heavy atom. The van der Waals surface area contributed by atoms with Crippen molar-refractivity contribution in [2.45, 2.75) is 30.8 Å². The number of aromatic nitrogens is 1. The number of piperazine rings is 1. The van der Waals surface area contributed by atoms with Crippen LogP contribution in [0.15, 0.2) is 41.1 Å². The SMILES string of the molecule is COc1ccccc1N1CCN(C(=O)CC2OC(CNC(=O)c3ccno3)C(O)C2O)CC1. The van der Waals surface area contributed by atoms with Crippen LogP contribution in [-0.4, -0.2) is 96.3 Å². The molecule has 11 nitrogen and oxygen atoms in total. The normalized spacial score (nSPS) is 25.2. The molecule has 2 aromatic rings. The fourth-order valence-corrected chi connectivity index (χ4v) is 4.17. The van der Waals surface area contributed by atoms with Crippen LogP contribution in [0.1, 0.15) is 17.0 Å². The van der Waals surface area contributed by atoms with Gasteiger partial charge < -0.3 is 39.3 Å². The smallest absolute Gasteiger partial charge is 0.289 e. The minimum atomic E-state index is -1.23. The van der Waals surface area contributed by atoms with E-state index in [2.05, 4.69) is 15.4 Å². The number of rotatable bonds is 7. The Labute approximate surface area is 190 Å². The highest BCUT2D eigenvalue weighted by Gasteiger charge is 2.44. The zero-order valence-corrected chi connectivity index (χ0v) is 18.3. The summed E-state index contributed by atoms with van der Waals surface area (Å²) >= 11 is 0. The third-order valence-corrected chi connectivity index (χ3v) is 6.02. The number of hydrogen-bond acceptors (Lipinski definition) is 9. The summed E-state index contributed by atoms with van der Waals surface area (Å²) in [6.45, 7) is 2.32. The van der Waals surface area contributed by atoms with Gasteiger partial charge in [-0.1, -0.05) is 17.3 Å². The highest BCUT2D eigenvalue weighted by atomic mass is 16.5. The van der Waals surface area contributed by atoms with E-state index in [0.29, 0.717) is 26.2 Å². The molecular formula is C22H28N4O7. The zero-order chi connectivity index (χ0) is 23.4. The van der Waals surface area contributed by atoms with E-state index in [-0.39, 0.29) is 24.6 Å². The first-order chi connectivity index (χ1) is 16.0. The lowest BCUT2D eigenvalue weighted by Crippen LogP contribution is -2.50. The molecule has 0 saturated carbocycles. The monoisotopic (exact) mass is 460 g/mol. The molecule has 3 heterocycles. The first kappa shape index (κ1) is 23.0. The van der Waals surface area contributed by atoms with Crippen molar-refractivity contribution in [2.75, 3.05) is 44.7 Å². The first-order valence-corrected chi connectivity index (χ1v) is 10.8. The predicted molar refractivity (Wildman–Crippen MR) is 116 cm³/mol. The molecule has 33 heavy (non-hydrogen) atoms. The number of benzene rings is 1. The molecule has 3 N–H and O–H groups in total. The van der Waals surface area contributed by atoms with E-state index >= 15 is 0 Å². The number of carbonyl (C=O) groups excluding carboxylic acids is 2. The molecular weight excluding hydrogens is 432 g/mol. The fourth-order valence-electron chi connectivity index (χ4n) is 4.17. The van der Waals surface area contributed by atoms with Gasteiger partial charge in [0.05, 0.1) is 31.5 Å². The van der Waals surface area contributed by atoms with E-state index in [1.54, 1.807) is 12.0 Å². The molecule has 2 saturated heterocycles. The number of aliphatic hydroxyl groups is 2. The number of methoxy groups -OCH3 is 1. The molecule has 11 heteroatoms. The minimum absolute atomic E-state index is 0.0297. The topological polar surface area (TPSA) is 138 Å². The molecule has 4 unspecified atom stereocenters. The summed E-state index contributed by atoms with van der Waals surface area (Å²) in [5.41, 5.74) is 0.986. The van der Waals surface area contributed by atoms with Crippen LogP contribution in [0.2, 0.25) is 0 Å². The Morgan fingerprint density at radius 1 is 1.12 bits per heavy atom. The maximum Gasteiger partial charge on any atom is 0.289 e. The van der Waals surface area contributed by atoms with Gasteiger partial charge >= 0.3 is 0 Å². The lowest BCUT2D eigenvalue weighted by atomic mass is 10.0. The summed E-state index contributed by atoms with van der Waals surface area (Å²) in [4.78, 5) is 28.7. The second-order valence-corrected chi connectivity index (χ2v) is 8.02. The van der Waals surface area contributed by atoms with Gasteiger partial charge in [-0.2, -0.15) is 0 Å². The molecule has 178 valence electrons. The molecule has 4 rings (SSSR count). The lowest BCUT2D eigenvalue weighted by Gasteiger charge is -2.37. The molecule has 2 aliphatic rings. The van der Waals surface area contributed by atoms with Crippen molar-refractivity contribution in [3.8, 4) is 5.75 Å². The maximum atomic E-state index is 12.8. The Balaban J connectivity index is 1.26. The third kappa shape index (κ3) is 5.10. The number of anilines is 1. The van der Waals surface area contributed by atoms with E-state index in [1.165, 1.54) is 12.3 Å². The van der Waals surface area contributed by atoms with Crippen molar-refractivity contribution < 1.29 is 33.8 Å². The van der Waals surface area contributed by atoms with E-state index in [9.17, 15) is 19.8 Å². The van der Waals surface area contributed by atoms with Crippen LogP contribution < -0.4 is 15.0 Å². The number of para-hydroxylation sites is 2. The molecule has 2 amide bonds. The van der Waals surface area contributed by atoms with Gasteiger partial charge in [0.1, 0.15) is 24.1 Å². The number of aliphatic hydroxyl groups excluding tert-OH is 2. The van der Waals surface area contributed by atoms with Crippen LogP contribution in [0, 0.1) is 0 Å². The van der Waals surface area contributed by atoms with Gasteiger partial charge in [0.2, 0.25) is 11.7 Å². The number of nitrogens with zero attached hydrogens (tertiary/aromatic N) is 3. The quantitative estimate of drug-likeness (QED) is 0.506. The number of ether oxygens (including phenoxy) is 2. The van der Waals surface area contributed by atoms with Gasteiger partial charge in [0, 0.05) is 38.8 Å². The van der Waals surface area contributed by atoms with Crippen molar-refractivity contribution in [3.05, 3.63) is 42.3 Å². The van der Waals surface area contributed by atoms with Gasteiger partial charge in [0.15, 0.2) is 0 Å². The maximum absolute atomic E-state index is 12.8. The molecule has 2 aliphatic heterocycles. The lowest BCUT2D eigenvalue weighted by molar-refractivity contribution is -0.135. The molecule has 0 radical (unpaired) electrons. The van der Waals surface area contributed by atoms with Gasteiger partial charge in [-0.05, 0) is 12.1 Å². The third-order valence-electron chi connectivity index (χ3n) is 6.02. The van der Waals surface area contributed by atoms with E-state index in [4.69, 9.17) is 14.0 Å². The summed E-state index contributed by atoms with van der Waals surface area (Å²) in [5.74, 6) is 0.153. The van der Waals surface area contributed by atoms with Crippen molar-refractivity contribution in [2.24, 2.45) is 0 Å². The molecule has 0 aliphatic carbocycles. The van der Waals surface area contributed by atoms with E-state index in [1.807, 2.05) is 24.3 Å². The highest BCUT2D eigenvalue weighted by Crippen LogP contribution is 2.29. The van der Waals surface area contributed by atoms with Crippen LogP contribution in [-0.2, 0) is 9.53 Å². The van der Waals surface area contributed by atoms with Crippen LogP contribution >= 0.6 is 0 Å². The van der Waals surface area contributed by atoms with Gasteiger partial charge in [-0.15, -0.1) is 0 Å². The molecule has 2 fully saturated rings. The number of carbonyl (C=O) groups is 2. The number of amides is 2. The average molecular weight is 460 g/mol. The average Bonchev–Trinajstić information content (AvgIpc) is 3.48. The van der Waals surface area contributed by atoms with Gasteiger partial charge in [-0.25, -0.2) is 0 Å². The summed E-state index contributed by atoms with van der Waals surface area (Å²) in [6.07, 6.45) is -2.85. The van der Waals surface area contributed by atoms with Crippen molar-refractivity contribution in [3.63, 3.8) is 0 Å². The van der Waals surface area contributed by atoms with Crippen LogP contribution in [0.4, 0.5) is 5.69 Å². The predicted octanol–water partition coefficient (Wildman–Crippen LogP) is -0.359. The molecule has 1 aromatic carbocycles. The molecule has 4 atom stereocenters. The fraction of sp³-hybridized carbons (Fsp3) is 0.500. The Bertz CT molecular complexity index is 946. The van der Waals surface area contributed by atoms with Crippen LogP contribution in [0.25, 0.3) is 0 Å². The number of hydrogen-bond donors (Lipinski definition) is 3. The largest absolute Gasteiger partial charge is 0.495 e. The molecule has 1 aromatic heterocycles. The summed E-state index contributed by atoms with van der Waals surface area (Å²) in [7, 11) is 1.63.